The van der Waals surface area contributed by atoms with E-state index >= 15 is 0 Å². The number of guanidine groups is 1. The molecule has 0 atom stereocenters. The van der Waals surface area contributed by atoms with Gasteiger partial charge >= 0.3 is 0 Å². The molecule has 0 spiro atoms. The van der Waals surface area contributed by atoms with E-state index in [0.29, 0.717) is 6.04 Å². The topological polar surface area (TPSA) is 80.0 Å². The van der Waals surface area contributed by atoms with Crippen LogP contribution in [-0.2, 0) is 12.8 Å². The zero-order valence-electron chi connectivity index (χ0n) is 17.6. The molecule has 1 aliphatic carbocycles. The predicted molar refractivity (Wildman–Crippen MR) is 120 cm³/mol. The summed E-state index contributed by atoms with van der Waals surface area (Å²) in [6.45, 7) is 4.52. The molecule has 1 fully saturated rings. The third kappa shape index (κ3) is 6.45. The van der Waals surface area contributed by atoms with Crippen molar-refractivity contribution in [2.24, 2.45) is 4.99 Å². The summed E-state index contributed by atoms with van der Waals surface area (Å²) >= 11 is 1.70. The van der Waals surface area contributed by atoms with Crippen molar-refractivity contribution in [1.82, 2.24) is 30.4 Å². The number of rotatable bonds is 10. The van der Waals surface area contributed by atoms with Crippen LogP contribution in [0.15, 0.2) is 34.5 Å². The predicted octanol–water partition coefficient (Wildman–Crippen LogP) is 3.24. The van der Waals surface area contributed by atoms with Gasteiger partial charge in [0, 0.05) is 50.4 Å². The maximum Gasteiger partial charge on any atom is 0.191 e. The number of hydrogen-bond acceptors (Lipinski definition) is 5. The Morgan fingerprint density at radius 3 is 2.79 bits per heavy atom. The van der Waals surface area contributed by atoms with Crippen LogP contribution in [0, 0.1) is 0 Å². The Balaban J connectivity index is 1.49. The molecule has 8 heteroatoms. The summed E-state index contributed by atoms with van der Waals surface area (Å²) in [5.41, 5.74) is 1.09. The van der Waals surface area contributed by atoms with Gasteiger partial charge in [-0.3, -0.25) is 9.98 Å². The largest absolute Gasteiger partial charge is 0.357 e. The molecule has 158 valence electrons. The average molecular weight is 416 g/mol. The molecule has 0 unspecified atom stereocenters. The van der Waals surface area contributed by atoms with E-state index in [1.807, 2.05) is 18.3 Å². The minimum absolute atomic E-state index is 0.580. The summed E-state index contributed by atoms with van der Waals surface area (Å²) in [6, 6.07) is 6.60. The van der Waals surface area contributed by atoms with Crippen molar-refractivity contribution >= 4 is 17.7 Å². The molecule has 7 nitrogen and oxygen atoms in total. The molecule has 0 bridgehead atoms. The number of pyridine rings is 1. The first-order chi connectivity index (χ1) is 14.3. The van der Waals surface area contributed by atoms with Gasteiger partial charge in [-0.25, -0.2) is 0 Å². The van der Waals surface area contributed by atoms with Crippen LogP contribution >= 0.6 is 11.8 Å². The van der Waals surface area contributed by atoms with Crippen LogP contribution in [0.25, 0.3) is 0 Å². The van der Waals surface area contributed by atoms with Gasteiger partial charge in [0.15, 0.2) is 11.1 Å². The normalized spacial score (nSPS) is 15.0. The first-order valence-corrected chi connectivity index (χ1v) is 11.9. The molecule has 0 saturated heterocycles. The Morgan fingerprint density at radius 2 is 2.07 bits per heavy atom. The monoisotopic (exact) mass is 415 g/mol. The van der Waals surface area contributed by atoms with Crippen molar-refractivity contribution < 1.29 is 0 Å². The molecule has 0 amide bonds. The number of aliphatic imine (C=N–C) groups is 1. The van der Waals surface area contributed by atoms with Crippen LogP contribution in [0.4, 0.5) is 0 Å². The van der Waals surface area contributed by atoms with Crippen molar-refractivity contribution in [2.45, 2.75) is 63.1 Å². The zero-order valence-corrected chi connectivity index (χ0v) is 18.4. The number of thioether (sulfide) groups is 1. The summed E-state index contributed by atoms with van der Waals surface area (Å²) in [6.07, 6.45) is 11.8. The Labute approximate surface area is 178 Å². The van der Waals surface area contributed by atoms with Gasteiger partial charge in [0.05, 0.1) is 0 Å². The SMILES string of the molecule is CCNC(=NCCCc1nnc(SC)n1C1CCCC1)NCCc1ccccn1. The fourth-order valence-corrected chi connectivity index (χ4v) is 4.34. The number of nitrogens with one attached hydrogen (secondary N) is 2. The zero-order chi connectivity index (χ0) is 20.3. The van der Waals surface area contributed by atoms with Gasteiger partial charge in [-0.2, -0.15) is 0 Å². The first kappa shape index (κ1) is 21.6. The molecule has 0 aliphatic heterocycles. The smallest absolute Gasteiger partial charge is 0.191 e. The third-order valence-electron chi connectivity index (χ3n) is 5.18. The van der Waals surface area contributed by atoms with Gasteiger partial charge < -0.3 is 15.2 Å². The number of aryl methyl sites for hydroxylation is 1. The highest BCUT2D eigenvalue weighted by molar-refractivity contribution is 7.98. The van der Waals surface area contributed by atoms with E-state index in [0.717, 1.165) is 61.5 Å². The molecule has 0 aromatic carbocycles. The fourth-order valence-electron chi connectivity index (χ4n) is 3.77. The van der Waals surface area contributed by atoms with E-state index in [4.69, 9.17) is 4.99 Å². The lowest BCUT2D eigenvalue weighted by molar-refractivity contribution is 0.461. The van der Waals surface area contributed by atoms with Gasteiger partial charge in [-0.15, -0.1) is 10.2 Å². The summed E-state index contributed by atoms with van der Waals surface area (Å²) in [4.78, 5) is 9.09. The lowest BCUT2D eigenvalue weighted by Gasteiger charge is -2.16. The number of aromatic nitrogens is 4. The maximum atomic E-state index is 4.73. The minimum atomic E-state index is 0.580. The minimum Gasteiger partial charge on any atom is -0.357 e. The van der Waals surface area contributed by atoms with Crippen molar-refractivity contribution in [3.8, 4) is 0 Å². The van der Waals surface area contributed by atoms with Crippen LogP contribution in [-0.4, -0.2) is 51.6 Å². The Kier molecular flexibility index (Phi) is 8.80. The molecule has 2 aromatic heterocycles. The maximum absolute atomic E-state index is 4.73. The summed E-state index contributed by atoms with van der Waals surface area (Å²) in [5, 5.41) is 16.6. The molecule has 2 N–H and O–H groups in total. The number of hydrogen-bond donors (Lipinski definition) is 2. The molecular weight excluding hydrogens is 382 g/mol. The Morgan fingerprint density at radius 1 is 1.21 bits per heavy atom. The molecule has 3 rings (SSSR count). The fraction of sp³-hybridized carbons (Fsp3) is 0.619. The van der Waals surface area contributed by atoms with Gasteiger partial charge in [-0.1, -0.05) is 30.7 Å². The van der Waals surface area contributed by atoms with E-state index in [2.05, 4.69) is 49.6 Å². The van der Waals surface area contributed by atoms with Crippen LogP contribution in [0.1, 0.15) is 56.6 Å². The molecule has 2 aromatic rings. The first-order valence-electron chi connectivity index (χ1n) is 10.7. The standard InChI is InChI=1S/C21H33N7S/c1-3-22-20(25-16-13-17-9-6-7-14-23-17)24-15-8-12-19-26-27-21(29-2)28(19)18-10-4-5-11-18/h6-7,9,14,18H,3-5,8,10-13,15-16H2,1-2H3,(H2,22,24,25). The molecular formula is C21H33N7S. The van der Waals surface area contributed by atoms with E-state index in [1.54, 1.807) is 11.8 Å². The van der Waals surface area contributed by atoms with Gasteiger partial charge in [0.2, 0.25) is 0 Å². The molecule has 29 heavy (non-hydrogen) atoms. The summed E-state index contributed by atoms with van der Waals surface area (Å²) < 4.78 is 2.39. The van der Waals surface area contributed by atoms with E-state index < -0.39 is 0 Å². The second-order valence-corrected chi connectivity index (χ2v) is 8.05. The summed E-state index contributed by atoms with van der Waals surface area (Å²) in [7, 11) is 0. The van der Waals surface area contributed by atoms with Crippen LogP contribution < -0.4 is 10.6 Å². The molecule has 1 saturated carbocycles. The van der Waals surface area contributed by atoms with Crippen molar-refractivity contribution in [2.75, 3.05) is 25.9 Å². The Hall–Kier alpha value is -2.09. The van der Waals surface area contributed by atoms with Crippen LogP contribution in [0.3, 0.4) is 0 Å². The van der Waals surface area contributed by atoms with Crippen LogP contribution in [0.2, 0.25) is 0 Å². The Bertz CT molecular complexity index is 754. The molecule has 1 aliphatic rings. The second kappa shape index (κ2) is 11.8. The lowest BCUT2D eigenvalue weighted by Crippen LogP contribution is -2.38. The van der Waals surface area contributed by atoms with Gasteiger partial charge in [0.25, 0.3) is 0 Å². The van der Waals surface area contributed by atoms with E-state index in [-0.39, 0.29) is 0 Å². The third-order valence-corrected chi connectivity index (χ3v) is 5.82. The second-order valence-electron chi connectivity index (χ2n) is 7.27. The van der Waals surface area contributed by atoms with Gasteiger partial charge in [0.1, 0.15) is 5.82 Å². The molecule has 0 radical (unpaired) electrons. The quantitative estimate of drug-likeness (QED) is 0.268. The summed E-state index contributed by atoms with van der Waals surface area (Å²) in [5.74, 6) is 1.98. The lowest BCUT2D eigenvalue weighted by atomic mass is 10.2. The highest BCUT2D eigenvalue weighted by Gasteiger charge is 2.23. The average Bonchev–Trinajstić information content (AvgIpc) is 3.41. The highest BCUT2D eigenvalue weighted by Crippen LogP contribution is 2.33. The van der Waals surface area contributed by atoms with Crippen molar-refractivity contribution in [3.63, 3.8) is 0 Å². The van der Waals surface area contributed by atoms with Crippen molar-refractivity contribution in [1.29, 1.82) is 0 Å². The van der Waals surface area contributed by atoms with E-state index in [1.165, 1.54) is 25.7 Å². The van der Waals surface area contributed by atoms with Crippen molar-refractivity contribution in [3.05, 3.63) is 35.9 Å². The van der Waals surface area contributed by atoms with Gasteiger partial charge in [-0.05, 0) is 44.6 Å². The van der Waals surface area contributed by atoms with Crippen LogP contribution in [0.5, 0.6) is 0 Å². The highest BCUT2D eigenvalue weighted by atomic mass is 32.2. The number of nitrogens with zero attached hydrogens (tertiary/aromatic N) is 5. The molecule has 2 heterocycles. The van der Waals surface area contributed by atoms with E-state index in [9.17, 15) is 0 Å².